The average Bonchev–Trinajstić information content (AvgIpc) is 2.45. The first-order valence-electron chi connectivity index (χ1n) is 6.10. The SMILES string of the molecule is C=CCSc1nc2ccc(Br)cc2c(=O)n1CCOC. The van der Waals surface area contributed by atoms with Crippen LogP contribution in [-0.2, 0) is 11.3 Å². The molecule has 0 N–H and O–H groups in total. The molecule has 1 heterocycles. The summed E-state index contributed by atoms with van der Waals surface area (Å²) in [5.41, 5.74) is 0.665. The molecule has 0 saturated carbocycles. The highest BCUT2D eigenvalue weighted by atomic mass is 79.9. The van der Waals surface area contributed by atoms with Crippen LogP contribution in [0.5, 0.6) is 0 Å². The predicted octanol–water partition coefficient (Wildman–Crippen LogP) is 3.08. The fourth-order valence-electron chi connectivity index (χ4n) is 1.80. The average molecular weight is 355 g/mol. The van der Waals surface area contributed by atoms with Gasteiger partial charge in [0.05, 0.1) is 24.1 Å². The van der Waals surface area contributed by atoms with Gasteiger partial charge in [-0.1, -0.05) is 33.8 Å². The van der Waals surface area contributed by atoms with E-state index in [-0.39, 0.29) is 5.56 Å². The molecule has 1 aromatic heterocycles. The number of benzene rings is 1. The van der Waals surface area contributed by atoms with Gasteiger partial charge in [-0.15, -0.1) is 6.58 Å². The fourth-order valence-corrected chi connectivity index (χ4v) is 2.92. The van der Waals surface area contributed by atoms with Crippen LogP contribution in [0, 0.1) is 0 Å². The lowest BCUT2D eigenvalue weighted by molar-refractivity contribution is 0.183. The summed E-state index contributed by atoms with van der Waals surface area (Å²) in [5.74, 6) is 0.710. The summed E-state index contributed by atoms with van der Waals surface area (Å²) in [7, 11) is 1.62. The van der Waals surface area contributed by atoms with E-state index in [1.165, 1.54) is 11.8 Å². The third-order valence-electron chi connectivity index (χ3n) is 2.73. The Balaban J connectivity index is 2.59. The van der Waals surface area contributed by atoms with Crippen LogP contribution in [-0.4, -0.2) is 29.0 Å². The smallest absolute Gasteiger partial charge is 0.262 e. The van der Waals surface area contributed by atoms with E-state index in [0.29, 0.717) is 35.0 Å². The Morgan fingerprint density at radius 3 is 3.05 bits per heavy atom. The van der Waals surface area contributed by atoms with Crippen LogP contribution in [0.15, 0.2) is 45.3 Å². The number of hydrogen-bond acceptors (Lipinski definition) is 4. The number of methoxy groups -OCH3 is 1. The standard InChI is InChI=1S/C14H15BrN2O2S/c1-3-8-20-14-16-12-5-4-10(15)9-11(12)13(18)17(14)6-7-19-2/h3-5,9H,1,6-8H2,2H3. The van der Waals surface area contributed by atoms with Crippen LogP contribution in [0.25, 0.3) is 10.9 Å². The molecule has 0 saturated heterocycles. The molecule has 0 atom stereocenters. The highest BCUT2D eigenvalue weighted by Crippen LogP contribution is 2.20. The van der Waals surface area contributed by atoms with Crippen LogP contribution in [0.3, 0.4) is 0 Å². The lowest BCUT2D eigenvalue weighted by Gasteiger charge is -2.12. The predicted molar refractivity (Wildman–Crippen MR) is 86.5 cm³/mol. The van der Waals surface area contributed by atoms with E-state index in [9.17, 15) is 4.79 Å². The van der Waals surface area contributed by atoms with Gasteiger partial charge in [-0.05, 0) is 18.2 Å². The molecule has 4 nitrogen and oxygen atoms in total. The molecule has 0 unspecified atom stereocenters. The topological polar surface area (TPSA) is 44.1 Å². The van der Waals surface area contributed by atoms with Gasteiger partial charge in [0.1, 0.15) is 0 Å². The number of fused-ring (bicyclic) bond motifs is 1. The Morgan fingerprint density at radius 2 is 2.35 bits per heavy atom. The Kier molecular flexibility index (Phi) is 5.39. The van der Waals surface area contributed by atoms with Crippen LogP contribution in [0.4, 0.5) is 0 Å². The minimum absolute atomic E-state index is 0.0417. The number of nitrogens with zero attached hydrogens (tertiary/aromatic N) is 2. The molecule has 0 radical (unpaired) electrons. The summed E-state index contributed by atoms with van der Waals surface area (Å²) in [6.07, 6.45) is 1.79. The quantitative estimate of drug-likeness (QED) is 0.454. The van der Waals surface area contributed by atoms with Gasteiger partial charge in [0.25, 0.3) is 5.56 Å². The lowest BCUT2D eigenvalue weighted by atomic mass is 10.2. The van der Waals surface area contributed by atoms with Crippen LogP contribution >= 0.6 is 27.7 Å². The van der Waals surface area contributed by atoms with Crippen molar-refractivity contribution in [3.63, 3.8) is 0 Å². The second-order valence-electron chi connectivity index (χ2n) is 4.11. The second-order valence-corrected chi connectivity index (χ2v) is 6.01. The maximum atomic E-state index is 12.6. The number of hydrogen-bond donors (Lipinski definition) is 0. The van der Waals surface area contributed by atoms with Gasteiger partial charge in [-0.2, -0.15) is 0 Å². The van der Waals surface area contributed by atoms with Crippen LogP contribution in [0.2, 0.25) is 0 Å². The van der Waals surface area contributed by atoms with Crippen molar-refractivity contribution in [1.29, 1.82) is 0 Å². The monoisotopic (exact) mass is 354 g/mol. The molecule has 2 aromatic rings. The summed E-state index contributed by atoms with van der Waals surface area (Å²) in [5, 5.41) is 1.31. The van der Waals surface area contributed by atoms with Crippen molar-refractivity contribution >= 4 is 38.6 Å². The van der Waals surface area contributed by atoms with Gasteiger partial charge >= 0.3 is 0 Å². The fraction of sp³-hybridized carbons (Fsp3) is 0.286. The van der Waals surface area contributed by atoms with Gasteiger partial charge in [-0.25, -0.2) is 4.98 Å². The summed E-state index contributed by atoms with van der Waals surface area (Å²) in [6, 6.07) is 5.53. The first-order chi connectivity index (χ1) is 9.67. The maximum absolute atomic E-state index is 12.6. The molecule has 20 heavy (non-hydrogen) atoms. The van der Waals surface area contributed by atoms with Crippen molar-refractivity contribution in [3.05, 3.63) is 45.7 Å². The zero-order valence-electron chi connectivity index (χ0n) is 11.1. The molecular formula is C14H15BrN2O2S. The first kappa shape index (κ1) is 15.3. The second kappa shape index (κ2) is 7.06. The molecule has 0 fully saturated rings. The van der Waals surface area contributed by atoms with Crippen molar-refractivity contribution in [2.75, 3.05) is 19.5 Å². The number of aromatic nitrogens is 2. The molecular weight excluding hydrogens is 340 g/mol. The van der Waals surface area contributed by atoms with Crippen molar-refractivity contribution < 1.29 is 4.74 Å². The molecule has 2 rings (SSSR count). The Hall–Kier alpha value is -1.11. The molecule has 0 aliphatic carbocycles. The molecule has 0 bridgehead atoms. The molecule has 0 spiro atoms. The van der Waals surface area contributed by atoms with Gasteiger partial charge in [0.15, 0.2) is 5.16 Å². The third-order valence-corrected chi connectivity index (χ3v) is 4.20. The Bertz CT molecular complexity index is 685. The van der Waals surface area contributed by atoms with Crippen molar-refractivity contribution in [2.45, 2.75) is 11.7 Å². The first-order valence-corrected chi connectivity index (χ1v) is 7.88. The van der Waals surface area contributed by atoms with Crippen molar-refractivity contribution in [2.24, 2.45) is 0 Å². The summed E-state index contributed by atoms with van der Waals surface area (Å²) >= 11 is 4.88. The molecule has 0 aliphatic rings. The van der Waals surface area contributed by atoms with Crippen LogP contribution in [0.1, 0.15) is 0 Å². The van der Waals surface area contributed by atoms with Gasteiger partial charge in [0.2, 0.25) is 0 Å². The number of halogens is 1. The lowest BCUT2D eigenvalue weighted by Crippen LogP contribution is -2.25. The molecule has 106 valence electrons. The van der Waals surface area contributed by atoms with E-state index < -0.39 is 0 Å². The zero-order valence-corrected chi connectivity index (χ0v) is 13.5. The molecule has 0 amide bonds. The van der Waals surface area contributed by atoms with E-state index in [0.717, 1.165) is 4.47 Å². The van der Waals surface area contributed by atoms with Gasteiger partial charge < -0.3 is 4.74 Å². The van der Waals surface area contributed by atoms with E-state index >= 15 is 0 Å². The Labute approximate surface area is 130 Å². The third kappa shape index (κ3) is 3.31. The minimum Gasteiger partial charge on any atom is -0.383 e. The summed E-state index contributed by atoms with van der Waals surface area (Å²) < 4.78 is 7.60. The van der Waals surface area contributed by atoms with Crippen LogP contribution < -0.4 is 5.56 Å². The number of thioether (sulfide) groups is 1. The normalized spacial score (nSPS) is 10.9. The zero-order chi connectivity index (χ0) is 14.5. The van der Waals surface area contributed by atoms with Crippen molar-refractivity contribution in [3.8, 4) is 0 Å². The molecule has 6 heteroatoms. The number of ether oxygens (including phenoxy) is 1. The molecule has 0 aliphatic heterocycles. The largest absolute Gasteiger partial charge is 0.383 e. The van der Waals surface area contributed by atoms with E-state index in [1.54, 1.807) is 23.8 Å². The van der Waals surface area contributed by atoms with E-state index in [1.807, 2.05) is 12.1 Å². The number of rotatable bonds is 6. The summed E-state index contributed by atoms with van der Waals surface area (Å²) in [6.45, 7) is 4.66. The summed E-state index contributed by atoms with van der Waals surface area (Å²) in [4.78, 5) is 17.1. The highest BCUT2D eigenvalue weighted by molar-refractivity contribution is 9.10. The van der Waals surface area contributed by atoms with E-state index in [2.05, 4.69) is 27.5 Å². The minimum atomic E-state index is -0.0417. The maximum Gasteiger partial charge on any atom is 0.262 e. The van der Waals surface area contributed by atoms with Gasteiger partial charge in [0, 0.05) is 17.3 Å². The van der Waals surface area contributed by atoms with E-state index in [4.69, 9.17) is 4.74 Å². The van der Waals surface area contributed by atoms with Crippen molar-refractivity contribution in [1.82, 2.24) is 9.55 Å². The molecule has 1 aromatic carbocycles. The Morgan fingerprint density at radius 1 is 1.55 bits per heavy atom. The highest BCUT2D eigenvalue weighted by Gasteiger charge is 2.11. The van der Waals surface area contributed by atoms with Gasteiger partial charge in [-0.3, -0.25) is 9.36 Å².